The summed E-state index contributed by atoms with van der Waals surface area (Å²) in [6.07, 6.45) is 0.484. The van der Waals surface area contributed by atoms with Gasteiger partial charge in [-0.15, -0.1) is 0 Å². The summed E-state index contributed by atoms with van der Waals surface area (Å²) >= 11 is 6.08. The number of benzene rings is 1. The van der Waals surface area contributed by atoms with E-state index in [1.807, 2.05) is 19.9 Å². The lowest BCUT2D eigenvalue weighted by atomic mass is 10.0. The van der Waals surface area contributed by atoms with Gasteiger partial charge in [0.15, 0.2) is 0 Å². The Kier molecular flexibility index (Phi) is 5.44. The summed E-state index contributed by atoms with van der Waals surface area (Å²) in [7, 11) is 0. The fourth-order valence-electron chi connectivity index (χ4n) is 1.62. The molecule has 0 radical (unpaired) electrons. The molecule has 0 saturated carbocycles. The first-order valence-electron chi connectivity index (χ1n) is 5.81. The maximum atomic E-state index is 10.5. The average molecular weight is 272 g/mol. The molecule has 0 bridgehead atoms. The van der Waals surface area contributed by atoms with Crippen molar-refractivity contribution in [3.63, 3.8) is 0 Å². The molecule has 0 aliphatic carbocycles. The molecule has 18 heavy (non-hydrogen) atoms. The highest BCUT2D eigenvalue weighted by atomic mass is 35.5. The summed E-state index contributed by atoms with van der Waals surface area (Å²) in [6, 6.07) is 4.99. The van der Waals surface area contributed by atoms with Crippen LogP contribution in [0.4, 0.5) is 0 Å². The zero-order valence-electron chi connectivity index (χ0n) is 10.5. The summed E-state index contributed by atoms with van der Waals surface area (Å²) in [6.45, 7) is 3.85. The van der Waals surface area contributed by atoms with E-state index >= 15 is 0 Å². The maximum absolute atomic E-state index is 10.5. The molecule has 0 heterocycles. The maximum Gasteiger partial charge on any atom is 0.304 e. The highest BCUT2D eigenvalue weighted by Gasteiger charge is 2.11. The van der Waals surface area contributed by atoms with E-state index in [4.69, 9.17) is 27.2 Å². The normalized spacial score (nSPS) is 12.5. The third kappa shape index (κ3) is 4.94. The van der Waals surface area contributed by atoms with E-state index in [0.29, 0.717) is 17.2 Å². The summed E-state index contributed by atoms with van der Waals surface area (Å²) in [5, 5.41) is 9.15. The highest BCUT2D eigenvalue weighted by molar-refractivity contribution is 6.32. The first-order chi connectivity index (χ1) is 8.38. The third-order valence-electron chi connectivity index (χ3n) is 2.29. The molecule has 0 amide bonds. The van der Waals surface area contributed by atoms with Gasteiger partial charge < -0.3 is 15.6 Å². The van der Waals surface area contributed by atoms with E-state index in [-0.39, 0.29) is 12.5 Å². The first kappa shape index (κ1) is 14.8. The molecule has 0 saturated heterocycles. The Hall–Kier alpha value is -1.26. The molecule has 1 aromatic carbocycles. The molecule has 1 atom stereocenters. The van der Waals surface area contributed by atoms with Crippen molar-refractivity contribution in [3.8, 4) is 5.75 Å². The summed E-state index contributed by atoms with van der Waals surface area (Å²) in [4.78, 5) is 10.5. The smallest absolute Gasteiger partial charge is 0.304 e. The van der Waals surface area contributed by atoms with Crippen molar-refractivity contribution in [2.75, 3.05) is 0 Å². The predicted molar refractivity (Wildman–Crippen MR) is 71.1 cm³/mol. The molecule has 0 fully saturated rings. The number of hydrogen-bond acceptors (Lipinski definition) is 3. The Balaban J connectivity index is 2.69. The number of rotatable bonds is 6. The highest BCUT2D eigenvalue weighted by Crippen LogP contribution is 2.26. The third-order valence-corrected chi connectivity index (χ3v) is 2.59. The largest absolute Gasteiger partial charge is 0.489 e. The van der Waals surface area contributed by atoms with Crippen LogP contribution in [0.15, 0.2) is 18.2 Å². The second-order valence-corrected chi connectivity index (χ2v) is 4.90. The molecule has 0 aliphatic rings. The van der Waals surface area contributed by atoms with Crippen LogP contribution in [0.25, 0.3) is 0 Å². The molecular formula is C13H18ClNO3. The van der Waals surface area contributed by atoms with Crippen LogP contribution in [0, 0.1) is 0 Å². The van der Waals surface area contributed by atoms with E-state index in [1.165, 1.54) is 0 Å². The minimum Gasteiger partial charge on any atom is -0.489 e. The van der Waals surface area contributed by atoms with Crippen molar-refractivity contribution in [1.82, 2.24) is 0 Å². The topological polar surface area (TPSA) is 72.5 Å². The van der Waals surface area contributed by atoms with Crippen molar-refractivity contribution >= 4 is 17.6 Å². The van der Waals surface area contributed by atoms with Crippen molar-refractivity contribution in [3.05, 3.63) is 28.8 Å². The molecule has 3 N–H and O–H groups in total. The van der Waals surface area contributed by atoms with Gasteiger partial charge in [0.25, 0.3) is 0 Å². The van der Waals surface area contributed by atoms with E-state index in [1.54, 1.807) is 12.1 Å². The molecule has 0 aliphatic heterocycles. The van der Waals surface area contributed by atoms with Gasteiger partial charge in [0, 0.05) is 6.04 Å². The van der Waals surface area contributed by atoms with Gasteiger partial charge in [0.1, 0.15) is 5.75 Å². The minimum atomic E-state index is -0.895. The standard InChI is InChI=1S/C13H18ClNO3/c1-8(2)18-12-4-3-9(6-11(12)14)5-10(15)7-13(16)17/h3-4,6,8,10H,5,7,15H2,1-2H3,(H,16,17). The van der Waals surface area contributed by atoms with Crippen molar-refractivity contribution in [2.24, 2.45) is 5.73 Å². The molecule has 1 unspecified atom stereocenters. The van der Waals surface area contributed by atoms with Crippen LogP contribution >= 0.6 is 11.6 Å². The van der Waals surface area contributed by atoms with Gasteiger partial charge in [-0.2, -0.15) is 0 Å². The number of halogens is 1. The first-order valence-corrected chi connectivity index (χ1v) is 6.18. The van der Waals surface area contributed by atoms with Gasteiger partial charge in [-0.05, 0) is 38.0 Å². The number of hydrogen-bond donors (Lipinski definition) is 2. The Bertz CT molecular complexity index is 421. The SMILES string of the molecule is CC(C)Oc1ccc(CC(N)CC(=O)O)cc1Cl. The second kappa shape index (κ2) is 6.61. The summed E-state index contributed by atoms with van der Waals surface area (Å²) in [5.41, 5.74) is 6.63. The van der Waals surface area contributed by atoms with Crippen LogP contribution in [-0.2, 0) is 11.2 Å². The lowest BCUT2D eigenvalue weighted by Crippen LogP contribution is -2.26. The molecule has 5 heteroatoms. The fourth-order valence-corrected chi connectivity index (χ4v) is 1.87. The Morgan fingerprint density at radius 3 is 2.67 bits per heavy atom. The summed E-state index contributed by atoms with van der Waals surface area (Å²) in [5.74, 6) is -0.268. The van der Waals surface area contributed by atoms with Gasteiger partial charge >= 0.3 is 5.97 Å². The van der Waals surface area contributed by atoms with Crippen molar-refractivity contribution < 1.29 is 14.6 Å². The Labute approximate surface area is 112 Å². The van der Waals surface area contributed by atoms with Gasteiger partial charge in [-0.1, -0.05) is 17.7 Å². The molecule has 0 aromatic heterocycles. The second-order valence-electron chi connectivity index (χ2n) is 4.49. The van der Waals surface area contributed by atoms with Crippen LogP contribution in [0.2, 0.25) is 5.02 Å². The number of nitrogens with two attached hydrogens (primary N) is 1. The Morgan fingerprint density at radius 1 is 1.50 bits per heavy atom. The van der Waals surface area contributed by atoms with Crippen LogP contribution in [0.3, 0.4) is 0 Å². The molecule has 1 aromatic rings. The molecule has 1 rings (SSSR count). The molecule has 0 spiro atoms. The van der Waals surface area contributed by atoms with E-state index < -0.39 is 12.0 Å². The van der Waals surface area contributed by atoms with Crippen LogP contribution in [0.5, 0.6) is 5.75 Å². The average Bonchev–Trinajstić information content (AvgIpc) is 2.20. The van der Waals surface area contributed by atoms with Crippen LogP contribution in [0.1, 0.15) is 25.8 Å². The van der Waals surface area contributed by atoms with Crippen LogP contribution in [-0.4, -0.2) is 23.2 Å². The molecule has 4 nitrogen and oxygen atoms in total. The number of carboxylic acid groups (broad SMARTS) is 1. The number of ether oxygens (including phenoxy) is 1. The van der Waals surface area contributed by atoms with Crippen LogP contribution < -0.4 is 10.5 Å². The number of carboxylic acids is 1. The predicted octanol–water partition coefficient (Wildman–Crippen LogP) is 2.47. The van der Waals surface area contributed by atoms with Crippen molar-refractivity contribution in [1.29, 1.82) is 0 Å². The number of carbonyl (C=O) groups is 1. The van der Waals surface area contributed by atoms with Gasteiger partial charge in [0.05, 0.1) is 17.5 Å². The zero-order valence-corrected chi connectivity index (χ0v) is 11.3. The zero-order chi connectivity index (χ0) is 13.7. The lowest BCUT2D eigenvalue weighted by Gasteiger charge is -2.13. The van der Waals surface area contributed by atoms with Gasteiger partial charge in [0.2, 0.25) is 0 Å². The lowest BCUT2D eigenvalue weighted by molar-refractivity contribution is -0.137. The molecule has 100 valence electrons. The van der Waals surface area contributed by atoms with E-state index in [0.717, 1.165) is 5.56 Å². The fraction of sp³-hybridized carbons (Fsp3) is 0.462. The number of aliphatic carboxylic acids is 1. The van der Waals surface area contributed by atoms with E-state index in [2.05, 4.69) is 0 Å². The Morgan fingerprint density at radius 2 is 2.17 bits per heavy atom. The summed E-state index contributed by atoms with van der Waals surface area (Å²) < 4.78 is 5.51. The monoisotopic (exact) mass is 271 g/mol. The van der Waals surface area contributed by atoms with Gasteiger partial charge in [-0.25, -0.2) is 0 Å². The quantitative estimate of drug-likeness (QED) is 0.834. The van der Waals surface area contributed by atoms with E-state index in [9.17, 15) is 4.79 Å². The van der Waals surface area contributed by atoms with Crippen molar-refractivity contribution in [2.45, 2.75) is 38.8 Å². The van der Waals surface area contributed by atoms with Gasteiger partial charge in [-0.3, -0.25) is 4.79 Å². The molecular weight excluding hydrogens is 254 g/mol. The minimum absolute atomic E-state index is 0.0537.